The predicted molar refractivity (Wildman–Crippen MR) is 97.5 cm³/mol. The number of carbonyl (C=O) groups is 2. The number of nitrogens with one attached hydrogen (secondary N) is 2. The van der Waals surface area contributed by atoms with Gasteiger partial charge >= 0.3 is 12.1 Å². The summed E-state index contributed by atoms with van der Waals surface area (Å²) in [5, 5.41) is 6.67. The van der Waals surface area contributed by atoms with Gasteiger partial charge < -0.3 is 25.0 Å². The van der Waals surface area contributed by atoms with Crippen molar-refractivity contribution in [3.8, 4) is 0 Å². The van der Waals surface area contributed by atoms with E-state index in [1.807, 2.05) is 48.5 Å². The first-order valence-corrected chi connectivity index (χ1v) is 9.02. The summed E-state index contributed by atoms with van der Waals surface area (Å²) in [6.07, 6.45) is -0.277. The summed E-state index contributed by atoms with van der Waals surface area (Å²) in [5.41, 5.74) is -0.956. The van der Waals surface area contributed by atoms with E-state index in [0.29, 0.717) is 26.2 Å². The van der Waals surface area contributed by atoms with Gasteiger partial charge in [0.25, 0.3) is 0 Å². The van der Waals surface area contributed by atoms with Crippen molar-refractivity contribution in [2.45, 2.75) is 65.7 Å². The Hall–Kier alpha value is -1.34. The molecule has 0 saturated carbocycles. The van der Waals surface area contributed by atoms with Gasteiger partial charge in [0.05, 0.1) is 5.92 Å². The Kier molecular flexibility index (Phi) is 7.68. The number of nitrogens with zero attached hydrogens (tertiary/aromatic N) is 1. The fourth-order valence-electron chi connectivity index (χ4n) is 2.41. The smallest absolute Gasteiger partial charge is 0.410 e. The zero-order valence-electron chi connectivity index (χ0n) is 16.8. The maximum Gasteiger partial charge on any atom is 0.410 e. The first kappa shape index (κ1) is 21.7. The highest BCUT2D eigenvalue weighted by Gasteiger charge is 2.27. The van der Waals surface area contributed by atoms with Crippen LogP contribution in [0, 0.1) is 5.92 Å². The Bertz CT molecular complexity index is 454. The van der Waals surface area contributed by atoms with Crippen molar-refractivity contribution >= 4 is 12.1 Å². The van der Waals surface area contributed by atoms with E-state index in [0.717, 1.165) is 6.54 Å². The number of ether oxygens (including phenoxy) is 2. The molecule has 0 unspecified atom stereocenters. The van der Waals surface area contributed by atoms with Crippen LogP contribution in [0.15, 0.2) is 0 Å². The van der Waals surface area contributed by atoms with E-state index in [1.54, 1.807) is 4.90 Å². The molecule has 1 saturated heterocycles. The largest absolute Gasteiger partial charge is 0.460 e. The van der Waals surface area contributed by atoms with Gasteiger partial charge in [-0.25, -0.2) is 4.79 Å². The standard InChI is InChI=1S/C18H35N3O4/c1-13(15(22)24-17(2,3)4)10-19-11-14-12-21(9-8-20-14)16(23)25-18(5,6)7/h13-14,19-20H,8-12H2,1-7H3/t13-,14-/m1/s1. The zero-order chi connectivity index (χ0) is 19.3. The van der Waals surface area contributed by atoms with Gasteiger partial charge in [-0.2, -0.15) is 0 Å². The number of hydrogen-bond donors (Lipinski definition) is 2. The van der Waals surface area contributed by atoms with Crippen LogP contribution in [0.3, 0.4) is 0 Å². The maximum atomic E-state index is 12.2. The van der Waals surface area contributed by atoms with Crippen molar-refractivity contribution in [2.75, 3.05) is 32.7 Å². The minimum atomic E-state index is -0.488. The van der Waals surface area contributed by atoms with Crippen LogP contribution in [0.5, 0.6) is 0 Å². The SMILES string of the molecule is C[C@H](CNC[C@@H]1CN(C(=O)OC(C)(C)C)CCN1)C(=O)OC(C)(C)C. The van der Waals surface area contributed by atoms with E-state index < -0.39 is 11.2 Å². The number of piperazine rings is 1. The summed E-state index contributed by atoms with van der Waals surface area (Å²) in [6, 6.07) is 0.132. The number of rotatable bonds is 5. The quantitative estimate of drug-likeness (QED) is 0.730. The van der Waals surface area contributed by atoms with Gasteiger partial charge in [-0.1, -0.05) is 6.92 Å². The number of hydrogen-bond acceptors (Lipinski definition) is 6. The van der Waals surface area contributed by atoms with Crippen LogP contribution in [-0.4, -0.2) is 66.9 Å². The molecular weight excluding hydrogens is 322 g/mol. The van der Waals surface area contributed by atoms with Gasteiger partial charge in [0.1, 0.15) is 11.2 Å². The molecule has 7 heteroatoms. The fraction of sp³-hybridized carbons (Fsp3) is 0.889. The van der Waals surface area contributed by atoms with Gasteiger partial charge in [0, 0.05) is 38.8 Å². The van der Waals surface area contributed by atoms with Crippen LogP contribution >= 0.6 is 0 Å². The third-order valence-corrected chi connectivity index (χ3v) is 3.56. The van der Waals surface area contributed by atoms with Crippen molar-refractivity contribution < 1.29 is 19.1 Å². The van der Waals surface area contributed by atoms with Gasteiger partial charge in [-0.3, -0.25) is 4.79 Å². The van der Waals surface area contributed by atoms with E-state index in [1.165, 1.54) is 0 Å². The molecule has 0 aromatic heterocycles. The molecule has 0 aromatic carbocycles. The minimum Gasteiger partial charge on any atom is -0.460 e. The summed E-state index contributed by atoms with van der Waals surface area (Å²) in [4.78, 5) is 25.9. The Labute approximate surface area is 151 Å². The highest BCUT2D eigenvalue weighted by atomic mass is 16.6. The molecule has 2 N–H and O–H groups in total. The predicted octanol–water partition coefficient (Wildman–Crippen LogP) is 1.76. The Morgan fingerprint density at radius 3 is 2.32 bits per heavy atom. The average Bonchev–Trinajstić information content (AvgIpc) is 2.44. The number of amides is 1. The molecule has 1 amide bonds. The highest BCUT2D eigenvalue weighted by Crippen LogP contribution is 2.12. The molecule has 1 rings (SSSR count). The second kappa shape index (κ2) is 8.85. The molecule has 1 heterocycles. The summed E-state index contributed by atoms with van der Waals surface area (Å²) < 4.78 is 10.8. The third kappa shape index (κ3) is 9.07. The summed E-state index contributed by atoms with van der Waals surface area (Å²) in [7, 11) is 0. The molecule has 0 bridgehead atoms. The Morgan fingerprint density at radius 2 is 1.76 bits per heavy atom. The van der Waals surface area contributed by atoms with Crippen LogP contribution in [0.2, 0.25) is 0 Å². The van der Waals surface area contributed by atoms with Gasteiger partial charge in [0.2, 0.25) is 0 Å². The molecule has 2 atom stereocenters. The summed E-state index contributed by atoms with van der Waals surface area (Å²) in [5.74, 6) is -0.420. The summed E-state index contributed by atoms with van der Waals surface area (Å²) in [6.45, 7) is 16.2. The average molecular weight is 357 g/mol. The third-order valence-electron chi connectivity index (χ3n) is 3.56. The lowest BCUT2D eigenvalue weighted by molar-refractivity contribution is -0.159. The first-order chi connectivity index (χ1) is 11.4. The zero-order valence-corrected chi connectivity index (χ0v) is 16.8. The van der Waals surface area contributed by atoms with Gasteiger partial charge in [-0.05, 0) is 41.5 Å². The molecule has 1 aliphatic heterocycles. The monoisotopic (exact) mass is 357 g/mol. The van der Waals surface area contributed by atoms with E-state index in [4.69, 9.17) is 9.47 Å². The van der Waals surface area contributed by atoms with Crippen LogP contribution in [0.25, 0.3) is 0 Å². The van der Waals surface area contributed by atoms with Crippen LogP contribution in [0.1, 0.15) is 48.5 Å². The lowest BCUT2D eigenvalue weighted by Gasteiger charge is -2.35. The van der Waals surface area contributed by atoms with Gasteiger partial charge in [0.15, 0.2) is 0 Å². The van der Waals surface area contributed by atoms with Crippen molar-refractivity contribution in [3.05, 3.63) is 0 Å². The first-order valence-electron chi connectivity index (χ1n) is 9.02. The molecular formula is C18H35N3O4. The van der Waals surface area contributed by atoms with Crippen LogP contribution in [-0.2, 0) is 14.3 Å². The van der Waals surface area contributed by atoms with E-state index >= 15 is 0 Å². The van der Waals surface area contributed by atoms with Crippen LogP contribution < -0.4 is 10.6 Å². The normalized spacial score (nSPS) is 20.1. The molecule has 25 heavy (non-hydrogen) atoms. The highest BCUT2D eigenvalue weighted by molar-refractivity contribution is 5.72. The van der Waals surface area contributed by atoms with Crippen LogP contribution in [0.4, 0.5) is 4.79 Å². The van der Waals surface area contributed by atoms with Gasteiger partial charge in [-0.15, -0.1) is 0 Å². The van der Waals surface area contributed by atoms with Crippen molar-refractivity contribution in [1.29, 1.82) is 0 Å². The molecule has 0 spiro atoms. The van der Waals surface area contributed by atoms with E-state index in [9.17, 15) is 9.59 Å². The molecule has 146 valence electrons. The molecule has 7 nitrogen and oxygen atoms in total. The fourth-order valence-corrected chi connectivity index (χ4v) is 2.41. The second-order valence-corrected chi connectivity index (χ2v) is 8.67. The minimum absolute atomic E-state index is 0.132. The lowest BCUT2D eigenvalue weighted by atomic mass is 10.1. The Morgan fingerprint density at radius 1 is 1.16 bits per heavy atom. The number of carbonyl (C=O) groups excluding carboxylic acids is 2. The molecule has 1 aliphatic rings. The van der Waals surface area contributed by atoms with E-state index in [-0.39, 0.29) is 24.0 Å². The Balaban J connectivity index is 2.35. The topological polar surface area (TPSA) is 79.9 Å². The number of esters is 1. The summed E-state index contributed by atoms with van der Waals surface area (Å²) >= 11 is 0. The maximum absolute atomic E-state index is 12.2. The van der Waals surface area contributed by atoms with Crippen molar-refractivity contribution in [3.63, 3.8) is 0 Å². The second-order valence-electron chi connectivity index (χ2n) is 8.67. The van der Waals surface area contributed by atoms with Crippen molar-refractivity contribution in [2.24, 2.45) is 5.92 Å². The lowest BCUT2D eigenvalue weighted by Crippen LogP contribution is -2.56. The molecule has 0 radical (unpaired) electrons. The molecule has 0 aliphatic carbocycles. The molecule has 0 aromatic rings. The van der Waals surface area contributed by atoms with E-state index in [2.05, 4.69) is 10.6 Å². The molecule has 1 fully saturated rings. The van der Waals surface area contributed by atoms with Crippen molar-refractivity contribution in [1.82, 2.24) is 15.5 Å².